The molecule has 0 atom stereocenters. The van der Waals surface area contributed by atoms with Crippen LogP contribution in [0.4, 0.5) is 0 Å². The van der Waals surface area contributed by atoms with Crippen LogP contribution in [0.15, 0.2) is 24.3 Å². The zero-order valence-corrected chi connectivity index (χ0v) is 14.7. The lowest BCUT2D eigenvalue weighted by Gasteiger charge is -2.38. The Morgan fingerprint density at radius 3 is 2.54 bits per heavy atom. The molecule has 1 fully saturated rings. The number of aromatic nitrogens is 2. The Morgan fingerprint density at radius 2 is 1.96 bits per heavy atom. The number of hydrogen-bond donors (Lipinski definition) is 2. The molecule has 1 amide bonds. The Balaban J connectivity index is 1.82. The maximum Gasteiger partial charge on any atom is 0.225 e. The highest BCUT2D eigenvalue weighted by atomic mass is 35.5. The van der Waals surface area contributed by atoms with Gasteiger partial charge < -0.3 is 10.1 Å². The average molecular weight is 348 g/mol. The molecular weight excluding hydrogens is 326 g/mol. The average Bonchev–Trinajstić information content (AvgIpc) is 2.88. The molecule has 0 bridgehead atoms. The third-order valence-electron chi connectivity index (χ3n) is 4.74. The summed E-state index contributed by atoms with van der Waals surface area (Å²) in [5.41, 5.74) is 3.45. The summed E-state index contributed by atoms with van der Waals surface area (Å²) in [5, 5.41) is 11.0. The minimum atomic E-state index is -0.397. The second kappa shape index (κ2) is 6.95. The Labute approximate surface area is 146 Å². The van der Waals surface area contributed by atoms with Crippen LogP contribution in [0, 0.1) is 13.8 Å². The number of benzene rings is 1. The van der Waals surface area contributed by atoms with E-state index in [0.717, 1.165) is 35.4 Å². The van der Waals surface area contributed by atoms with Gasteiger partial charge in [-0.1, -0.05) is 23.7 Å². The number of nitrogens with zero attached hydrogens (tertiary/aromatic N) is 1. The van der Waals surface area contributed by atoms with Crippen molar-refractivity contribution in [1.82, 2.24) is 15.5 Å². The molecule has 0 aliphatic carbocycles. The second-order valence-corrected chi connectivity index (χ2v) is 6.78. The Hall–Kier alpha value is -1.85. The number of hydrogen-bond acceptors (Lipinski definition) is 3. The summed E-state index contributed by atoms with van der Waals surface area (Å²) in [7, 11) is 0. The van der Waals surface area contributed by atoms with Crippen molar-refractivity contribution in [2.75, 3.05) is 13.2 Å². The molecule has 1 aromatic heterocycles. The second-order valence-electron chi connectivity index (χ2n) is 6.34. The number of aryl methyl sites for hydroxylation is 2. The Kier molecular flexibility index (Phi) is 4.92. The van der Waals surface area contributed by atoms with Crippen LogP contribution in [0.1, 0.15) is 35.4 Å². The number of amides is 1. The lowest BCUT2D eigenvalue weighted by molar-refractivity contribution is -0.123. The highest BCUT2D eigenvalue weighted by molar-refractivity contribution is 6.30. The number of carbonyl (C=O) groups is 1. The number of halogens is 1. The fraction of sp³-hybridized carbons (Fsp3) is 0.444. The summed E-state index contributed by atoms with van der Waals surface area (Å²) in [4.78, 5) is 12.7. The normalized spacial score (nSPS) is 16.8. The first-order valence-corrected chi connectivity index (χ1v) is 8.53. The fourth-order valence-corrected chi connectivity index (χ4v) is 3.41. The van der Waals surface area contributed by atoms with Gasteiger partial charge in [-0.15, -0.1) is 0 Å². The smallest absolute Gasteiger partial charge is 0.225 e. The van der Waals surface area contributed by atoms with Crippen molar-refractivity contribution in [2.24, 2.45) is 0 Å². The van der Waals surface area contributed by atoms with Crippen molar-refractivity contribution >= 4 is 17.5 Å². The number of ether oxygens (including phenoxy) is 1. The molecule has 128 valence electrons. The van der Waals surface area contributed by atoms with E-state index in [4.69, 9.17) is 16.3 Å². The predicted molar refractivity (Wildman–Crippen MR) is 93.1 cm³/mol. The fourth-order valence-electron chi connectivity index (χ4n) is 3.28. The van der Waals surface area contributed by atoms with Gasteiger partial charge in [-0.2, -0.15) is 5.10 Å². The van der Waals surface area contributed by atoms with Crippen LogP contribution >= 0.6 is 11.6 Å². The van der Waals surface area contributed by atoms with Crippen LogP contribution in [0.25, 0.3) is 0 Å². The van der Waals surface area contributed by atoms with Gasteiger partial charge in [-0.3, -0.25) is 9.89 Å². The quantitative estimate of drug-likeness (QED) is 0.893. The van der Waals surface area contributed by atoms with Gasteiger partial charge in [-0.25, -0.2) is 0 Å². The zero-order valence-electron chi connectivity index (χ0n) is 14.0. The molecular formula is C18H22ClN3O2. The molecule has 0 saturated carbocycles. The summed E-state index contributed by atoms with van der Waals surface area (Å²) in [6.07, 6.45) is 1.83. The maximum absolute atomic E-state index is 12.7. The highest BCUT2D eigenvalue weighted by Crippen LogP contribution is 2.33. The summed E-state index contributed by atoms with van der Waals surface area (Å²) in [5.74, 6) is -0.000509. The largest absolute Gasteiger partial charge is 0.381 e. The summed E-state index contributed by atoms with van der Waals surface area (Å²) < 4.78 is 5.50. The standard InChI is InChI=1S/C18H22ClN3O2/c1-12-16(13(2)22-21-12)11-17(23)20-18(7-9-24-10-8-18)14-3-5-15(19)6-4-14/h3-6H,7-11H2,1-2H3,(H,20,23)(H,21,22). The zero-order chi connectivity index (χ0) is 17.2. The van der Waals surface area contributed by atoms with Crippen LogP contribution in [-0.2, 0) is 21.5 Å². The van der Waals surface area contributed by atoms with Crippen LogP contribution in [0.3, 0.4) is 0 Å². The summed E-state index contributed by atoms with van der Waals surface area (Å²) >= 11 is 6.01. The van der Waals surface area contributed by atoms with Crippen LogP contribution < -0.4 is 5.32 Å². The monoisotopic (exact) mass is 347 g/mol. The van der Waals surface area contributed by atoms with Crippen LogP contribution in [0.5, 0.6) is 0 Å². The van der Waals surface area contributed by atoms with Crippen molar-refractivity contribution in [3.05, 3.63) is 51.8 Å². The van der Waals surface area contributed by atoms with Gasteiger partial charge in [0.25, 0.3) is 0 Å². The maximum atomic E-state index is 12.7. The summed E-state index contributed by atoms with van der Waals surface area (Å²) in [6.45, 7) is 5.11. The molecule has 1 saturated heterocycles. The molecule has 1 aliphatic heterocycles. The van der Waals surface area contributed by atoms with Gasteiger partial charge in [0.05, 0.1) is 17.7 Å². The molecule has 2 N–H and O–H groups in total. The molecule has 2 aromatic rings. The number of aromatic amines is 1. The molecule has 2 heterocycles. The highest BCUT2D eigenvalue weighted by Gasteiger charge is 2.36. The lowest BCUT2D eigenvalue weighted by Crippen LogP contribution is -2.50. The van der Waals surface area contributed by atoms with Gasteiger partial charge in [0.2, 0.25) is 5.91 Å². The van der Waals surface area contributed by atoms with Crippen molar-refractivity contribution < 1.29 is 9.53 Å². The first-order valence-electron chi connectivity index (χ1n) is 8.15. The van der Waals surface area contributed by atoms with E-state index in [1.165, 1.54) is 0 Å². The minimum absolute atomic E-state index is 0.000509. The molecule has 6 heteroatoms. The SMILES string of the molecule is Cc1n[nH]c(C)c1CC(=O)NC1(c2ccc(Cl)cc2)CCOCC1. The molecule has 1 aromatic carbocycles. The Bertz CT molecular complexity index is 699. The Morgan fingerprint density at radius 1 is 1.29 bits per heavy atom. The number of H-pyrrole nitrogens is 1. The number of carbonyl (C=O) groups excluding carboxylic acids is 1. The first kappa shape index (κ1) is 17.0. The van der Waals surface area contributed by atoms with E-state index in [1.54, 1.807) is 0 Å². The van der Waals surface area contributed by atoms with Crippen molar-refractivity contribution in [1.29, 1.82) is 0 Å². The minimum Gasteiger partial charge on any atom is -0.381 e. The topological polar surface area (TPSA) is 67.0 Å². The molecule has 5 nitrogen and oxygen atoms in total. The molecule has 3 rings (SSSR count). The van der Waals surface area contributed by atoms with E-state index in [9.17, 15) is 4.79 Å². The van der Waals surface area contributed by atoms with Gasteiger partial charge in [-0.05, 0) is 44.4 Å². The van der Waals surface area contributed by atoms with E-state index >= 15 is 0 Å². The molecule has 0 radical (unpaired) electrons. The van der Waals surface area contributed by atoms with E-state index in [0.29, 0.717) is 24.7 Å². The molecule has 0 spiro atoms. The van der Waals surface area contributed by atoms with E-state index in [2.05, 4.69) is 15.5 Å². The predicted octanol–water partition coefficient (Wildman–Crippen LogP) is 3.04. The van der Waals surface area contributed by atoms with E-state index in [1.807, 2.05) is 38.1 Å². The molecule has 0 unspecified atom stereocenters. The van der Waals surface area contributed by atoms with Gasteiger partial charge >= 0.3 is 0 Å². The van der Waals surface area contributed by atoms with Crippen LogP contribution in [-0.4, -0.2) is 29.3 Å². The lowest BCUT2D eigenvalue weighted by atomic mass is 9.82. The van der Waals surface area contributed by atoms with Gasteiger partial charge in [0, 0.05) is 29.5 Å². The van der Waals surface area contributed by atoms with E-state index in [-0.39, 0.29) is 5.91 Å². The van der Waals surface area contributed by atoms with E-state index < -0.39 is 5.54 Å². The van der Waals surface area contributed by atoms with Crippen LogP contribution in [0.2, 0.25) is 5.02 Å². The molecule has 1 aliphatic rings. The summed E-state index contributed by atoms with van der Waals surface area (Å²) in [6, 6.07) is 7.71. The third kappa shape index (κ3) is 3.47. The van der Waals surface area contributed by atoms with Crippen molar-refractivity contribution in [3.63, 3.8) is 0 Å². The molecule has 24 heavy (non-hydrogen) atoms. The first-order chi connectivity index (χ1) is 11.5. The van der Waals surface area contributed by atoms with Gasteiger partial charge in [0.15, 0.2) is 0 Å². The number of rotatable bonds is 4. The van der Waals surface area contributed by atoms with Crippen molar-refractivity contribution in [2.45, 2.75) is 38.6 Å². The van der Waals surface area contributed by atoms with Gasteiger partial charge in [0.1, 0.15) is 0 Å². The van der Waals surface area contributed by atoms with Crippen molar-refractivity contribution in [3.8, 4) is 0 Å². The number of nitrogens with one attached hydrogen (secondary N) is 2. The third-order valence-corrected chi connectivity index (χ3v) is 4.99.